The van der Waals surface area contributed by atoms with Crippen LogP contribution in [0.5, 0.6) is 0 Å². The summed E-state index contributed by atoms with van der Waals surface area (Å²) in [6.07, 6.45) is 12.3. The first-order chi connectivity index (χ1) is 7.73. The summed E-state index contributed by atoms with van der Waals surface area (Å²) in [4.78, 5) is 0. The molecule has 2 rings (SSSR count). The van der Waals surface area contributed by atoms with Crippen LogP contribution in [0.15, 0.2) is 11.6 Å². The quantitative estimate of drug-likeness (QED) is 0.632. The Kier molecular flexibility index (Phi) is 3.73. The first kappa shape index (κ1) is 12.2. The summed E-state index contributed by atoms with van der Waals surface area (Å²) in [5.74, 6) is 0.850. The van der Waals surface area contributed by atoms with Gasteiger partial charge in [0.1, 0.15) is 0 Å². The predicted octanol–water partition coefficient (Wildman–Crippen LogP) is 4.33. The predicted molar refractivity (Wildman–Crippen MR) is 68.5 cm³/mol. The fourth-order valence-corrected chi connectivity index (χ4v) is 4.04. The number of allylic oxidation sites excluding steroid dienone is 2. The van der Waals surface area contributed by atoms with E-state index in [1.807, 2.05) is 7.11 Å². The minimum atomic E-state index is 0.473. The Morgan fingerprint density at radius 3 is 2.94 bits per heavy atom. The molecule has 0 aromatic carbocycles. The number of hydrogen-bond donors (Lipinski definition) is 0. The van der Waals surface area contributed by atoms with Crippen LogP contribution < -0.4 is 0 Å². The van der Waals surface area contributed by atoms with Gasteiger partial charge in [0, 0.05) is 12.5 Å². The lowest BCUT2D eigenvalue weighted by Gasteiger charge is -2.50. The second kappa shape index (κ2) is 4.91. The highest BCUT2D eigenvalue weighted by atomic mass is 16.5. The molecule has 0 bridgehead atoms. The van der Waals surface area contributed by atoms with Gasteiger partial charge in [-0.1, -0.05) is 37.8 Å². The van der Waals surface area contributed by atoms with Crippen molar-refractivity contribution in [1.82, 2.24) is 0 Å². The van der Waals surface area contributed by atoms with Gasteiger partial charge in [0.2, 0.25) is 0 Å². The molecular formula is C15H26O. The molecule has 1 spiro atoms. The molecule has 0 N–H and O–H groups in total. The van der Waals surface area contributed by atoms with Gasteiger partial charge < -0.3 is 4.74 Å². The second-order valence-corrected chi connectivity index (χ2v) is 5.77. The Hall–Kier alpha value is -0.300. The van der Waals surface area contributed by atoms with E-state index in [1.165, 1.54) is 44.9 Å². The summed E-state index contributed by atoms with van der Waals surface area (Å²) in [5.41, 5.74) is 2.07. The summed E-state index contributed by atoms with van der Waals surface area (Å²) >= 11 is 0. The summed E-state index contributed by atoms with van der Waals surface area (Å²) < 4.78 is 5.82. The normalized spacial score (nSPS) is 39.8. The SMILES string of the molecule is CCC1CC(C)=CCC12CCCCC2OC. The van der Waals surface area contributed by atoms with Gasteiger partial charge in [-0.15, -0.1) is 0 Å². The van der Waals surface area contributed by atoms with Crippen molar-refractivity contribution < 1.29 is 4.74 Å². The fraction of sp³-hybridized carbons (Fsp3) is 0.867. The largest absolute Gasteiger partial charge is 0.381 e. The third kappa shape index (κ3) is 1.95. The molecule has 3 unspecified atom stereocenters. The van der Waals surface area contributed by atoms with E-state index < -0.39 is 0 Å². The molecule has 1 nitrogen and oxygen atoms in total. The van der Waals surface area contributed by atoms with Gasteiger partial charge >= 0.3 is 0 Å². The van der Waals surface area contributed by atoms with Gasteiger partial charge in [-0.25, -0.2) is 0 Å². The van der Waals surface area contributed by atoms with Gasteiger partial charge in [0.15, 0.2) is 0 Å². The van der Waals surface area contributed by atoms with Crippen molar-refractivity contribution in [2.75, 3.05) is 7.11 Å². The third-order valence-corrected chi connectivity index (χ3v) is 4.99. The molecule has 0 aromatic heterocycles. The van der Waals surface area contributed by atoms with Crippen LogP contribution in [-0.2, 0) is 4.74 Å². The van der Waals surface area contributed by atoms with Crippen molar-refractivity contribution in [3.63, 3.8) is 0 Å². The van der Waals surface area contributed by atoms with Gasteiger partial charge in [-0.2, -0.15) is 0 Å². The molecule has 0 amide bonds. The first-order valence-corrected chi connectivity index (χ1v) is 6.91. The van der Waals surface area contributed by atoms with Crippen LogP contribution in [0.25, 0.3) is 0 Å². The summed E-state index contributed by atoms with van der Waals surface area (Å²) in [5, 5.41) is 0. The Morgan fingerprint density at radius 2 is 2.25 bits per heavy atom. The number of methoxy groups -OCH3 is 1. The minimum absolute atomic E-state index is 0.473. The van der Waals surface area contributed by atoms with Crippen LogP contribution in [0.4, 0.5) is 0 Å². The standard InChI is InChI=1S/C15H26O/c1-4-13-11-12(2)8-10-15(13)9-6-5-7-14(15)16-3/h8,13-14H,4-7,9-11H2,1-3H3. The Labute approximate surface area is 100 Å². The van der Waals surface area contributed by atoms with E-state index in [1.54, 1.807) is 5.57 Å². The van der Waals surface area contributed by atoms with Crippen LogP contribution in [0, 0.1) is 11.3 Å². The molecule has 1 heteroatoms. The van der Waals surface area contributed by atoms with Gasteiger partial charge in [0.25, 0.3) is 0 Å². The maximum absolute atomic E-state index is 5.82. The minimum Gasteiger partial charge on any atom is -0.381 e. The fourth-order valence-electron chi connectivity index (χ4n) is 4.04. The van der Waals surface area contributed by atoms with E-state index in [0.29, 0.717) is 11.5 Å². The molecule has 16 heavy (non-hydrogen) atoms. The molecule has 0 saturated heterocycles. The van der Waals surface area contributed by atoms with Crippen molar-refractivity contribution in [1.29, 1.82) is 0 Å². The zero-order valence-electron chi connectivity index (χ0n) is 11.1. The summed E-state index contributed by atoms with van der Waals surface area (Å²) in [6, 6.07) is 0. The lowest BCUT2D eigenvalue weighted by atomic mass is 9.58. The van der Waals surface area contributed by atoms with Crippen LogP contribution in [0.3, 0.4) is 0 Å². The Morgan fingerprint density at radius 1 is 1.44 bits per heavy atom. The van der Waals surface area contributed by atoms with E-state index in [-0.39, 0.29) is 0 Å². The van der Waals surface area contributed by atoms with Crippen LogP contribution >= 0.6 is 0 Å². The van der Waals surface area contributed by atoms with Crippen LogP contribution in [0.1, 0.15) is 58.8 Å². The molecule has 3 atom stereocenters. The average molecular weight is 222 g/mol. The highest BCUT2D eigenvalue weighted by Gasteiger charge is 2.46. The molecular weight excluding hydrogens is 196 g/mol. The van der Waals surface area contributed by atoms with E-state index in [0.717, 1.165) is 5.92 Å². The number of rotatable bonds is 2. The van der Waals surface area contributed by atoms with E-state index in [4.69, 9.17) is 4.74 Å². The van der Waals surface area contributed by atoms with E-state index in [2.05, 4.69) is 19.9 Å². The molecule has 0 heterocycles. The van der Waals surface area contributed by atoms with Crippen molar-refractivity contribution >= 4 is 0 Å². The third-order valence-electron chi connectivity index (χ3n) is 4.99. The molecule has 1 fully saturated rings. The van der Waals surface area contributed by atoms with Crippen molar-refractivity contribution in [3.8, 4) is 0 Å². The van der Waals surface area contributed by atoms with Crippen molar-refractivity contribution in [2.24, 2.45) is 11.3 Å². The van der Waals surface area contributed by atoms with Crippen molar-refractivity contribution in [3.05, 3.63) is 11.6 Å². The topological polar surface area (TPSA) is 9.23 Å². The van der Waals surface area contributed by atoms with Crippen LogP contribution in [-0.4, -0.2) is 13.2 Å². The first-order valence-electron chi connectivity index (χ1n) is 6.91. The summed E-state index contributed by atoms with van der Waals surface area (Å²) in [7, 11) is 1.91. The number of ether oxygens (including phenoxy) is 1. The van der Waals surface area contributed by atoms with Gasteiger partial charge in [-0.05, 0) is 38.5 Å². The zero-order valence-corrected chi connectivity index (χ0v) is 11.1. The molecule has 2 aliphatic rings. The zero-order chi connectivity index (χ0) is 11.6. The maximum Gasteiger partial charge on any atom is 0.0633 e. The Balaban J connectivity index is 2.25. The highest BCUT2D eigenvalue weighted by Crippen LogP contribution is 2.52. The van der Waals surface area contributed by atoms with Gasteiger partial charge in [-0.3, -0.25) is 0 Å². The molecule has 2 aliphatic carbocycles. The lowest BCUT2D eigenvalue weighted by molar-refractivity contribution is -0.0804. The van der Waals surface area contributed by atoms with E-state index in [9.17, 15) is 0 Å². The lowest BCUT2D eigenvalue weighted by Crippen LogP contribution is -2.46. The molecule has 92 valence electrons. The molecule has 0 aliphatic heterocycles. The highest BCUT2D eigenvalue weighted by molar-refractivity contribution is 5.13. The number of hydrogen-bond acceptors (Lipinski definition) is 1. The molecule has 0 aromatic rings. The Bertz CT molecular complexity index is 269. The second-order valence-electron chi connectivity index (χ2n) is 5.77. The smallest absolute Gasteiger partial charge is 0.0633 e. The van der Waals surface area contributed by atoms with Crippen molar-refractivity contribution in [2.45, 2.75) is 64.9 Å². The summed E-state index contributed by atoms with van der Waals surface area (Å²) in [6.45, 7) is 4.65. The van der Waals surface area contributed by atoms with Gasteiger partial charge in [0.05, 0.1) is 6.10 Å². The average Bonchev–Trinajstić information content (AvgIpc) is 2.33. The maximum atomic E-state index is 5.82. The molecule has 1 saturated carbocycles. The monoisotopic (exact) mass is 222 g/mol. The van der Waals surface area contributed by atoms with E-state index >= 15 is 0 Å². The van der Waals surface area contributed by atoms with Crippen LogP contribution in [0.2, 0.25) is 0 Å². The molecule has 0 radical (unpaired) electrons.